The zero-order valence-electron chi connectivity index (χ0n) is 11.2. The molecule has 1 aromatic rings. The van der Waals surface area contributed by atoms with E-state index in [-0.39, 0.29) is 12.5 Å². The Bertz CT molecular complexity index is 465. The fourth-order valence-corrected chi connectivity index (χ4v) is 2.83. The Balaban J connectivity index is 2.32. The van der Waals surface area contributed by atoms with E-state index in [2.05, 4.69) is 11.9 Å². The third-order valence-corrected chi connectivity index (χ3v) is 3.79. The van der Waals surface area contributed by atoms with Crippen molar-refractivity contribution in [3.8, 4) is 0 Å². The van der Waals surface area contributed by atoms with Crippen LogP contribution < -0.4 is 0 Å². The molecule has 5 heteroatoms. The number of hydrogen-bond acceptors (Lipinski definition) is 2. The number of hydrogen-bond donors (Lipinski definition) is 0. The van der Waals surface area contributed by atoms with E-state index in [1.165, 1.54) is 6.07 Å². The van der Waals surface area contributed by atoms with Crippen molar-refractivity contribution in [2.75, 3.05) is 0 Å². The Morgan fingerprint density at radius 2 is 1.90 bits per heavy atom. The van der Waals surface area contributed by atoms with Crippen molar-refractivity contribution in [1.29, 1.82) is 0 Å². The second-order valence-corrected chi connectivity index (χ2v) is 5.16. The molecule has 0 amide bonds. The molecule has 1 fully saturated rings. The van der Waals surface area contributed by atoms with Crippen LogP contribution in [0, 0.1) is 0 Å². The SMILES string of the molecule is C=NOCc1ccc(C2CCCCC2)c(C(F)(F)F)c1. The minimum absolute atomic E-state index is 0.0114. The van der Waals surface area contributed by atoms with Crippen molar-refractivity contribution in [3.05, 3.63) is 34.9 Å². The van der Waals surface area contributed by atoms with E-state index in [1.807, 2.05) is 0 Å². The summed E-state index contributed by atoms with van der Waals surface area (Å²) in [4.78, 5) is 4.72. The van der Waals surface area contributed by atoms with Crippen LogP contribution in [0.3, 0.4) is 0 Å². The number of rotatable bonds is 4. The second kappa shape index (κ2) is 6.29. The van der Waals surface area contributed by atoms with E-state index >= 15 is 0 Å². The zero-order valence-corrected chi connectivity index (χ0v) is 11.2. The minimum Gasteiger partial charge on any atom is -0.391 e. The van der Waals surface area contributed by atoms with Gasteiger partial charge in [0.2, 0.25) is 0 Å². The standard InChI is InChI=1S/C15H18F3NO/c1-19-20-10-11-7-8-13(12-5-3-2-4-6-12)14(9-11)15(16,17)18/h7-9,12H,1-6,10H2. The molecular weight excluding hydrogens is 267 g/mol. The molecule has 0 aromatic heterocycles. The lowest BCUT2D eigenvalue weighted by Crippen LogP contribution is -2.14. The molecule has 0 saturated heterocycles. The molecule has 0 unspecified atom stereocenters. The van der Waals surface area contributed by atoms with Crippen molar-refractivity contribution in [1.82, 2.24) is 0 Å². The third-order valence-electron chi connectivity index (χ3n) is 3.79. The van der Waals surface area contributed by atoms with Gasteiger partial charge in [0.1, 0.15) is 6.61 Å². The van der Waals surface area contributed by atoms with E-state index in [0.717, 1.165) is 32.1 Å². The van der Waals surface area contributed by atoms with Gasteiger partial charge in [-0.25, -0.2) is 0 Å². The van der Waals surface area contributed by atoms with Gasteiger partial charge in [0.25, 0.3) is 0 Å². The summed E-state index contributed by atoms with van der Waals surface area (Å²) in [5.41, 5.74) is 0.353. The van der Waals surface area contributed by atoms with Gasteiger partial charge in [-0.15, -0.1) is 5.16 Å². The molecule has 0 bridgehead atoms. The minimum atomic E-state index is -4.33. The first kappa shape index (κ1) is 14.9. The van der Waals surface area contributed by atoms with Crippen molar-refractivity contribution >= 4 is 6.72 Å². The highest BCUT2D eigenvalue weighted by atomic mass is 19.4. The predicted molar refractivity (Wildman–Crippen MR) is 71.6 cm³/mol. The summed E-state index contributed by atoms with van der Waals surface area (Å²) in [7, 11) is 0. The highest BCUT2D eigenvalue weighted by Crippen LogP contribution is 2.41. The largest absolute Gasteiger partial charge is 0.416 e. The quantitative estimate of drug-likeness (QED) is 0.570. The van der Waals surface area contributed by atoms with Gasteiger partial charge in [-0.2, -0.15) is 13.2 Å². The first-order valence-corrected chi connectivity index (χ1v) is 6.80. The summed E-state index contributed by atoms with van der Waals surface area (Å²) in [6.07, 6.45) is 0.486. The second-order valence-electron chi connectivity index (χ2n) is 5.16. The smallest absolute Gasteiger partial charge is 0.391 e. The van der Waals surface area contributed by atoms with Gasteiger partial charge in [-0.05, 0) is 36.0 Å². The van der Waals surface area contributed by atoms with Crippen LogP contribution in [-0.2, 0) is 17.6 Å². The van der Waals surface area contributed by atoms with Gasteiger partial charge >= 0.3 is 6.18 Å². The van der Waals surface area contributed by atoms with Crippen LogP contribution in [0.1, 0.15) is 54.7 Å². The summed E-state index contributed by atoms with van der Waals surface area (Å²) in [6.45, 7) is 3.15. The molecule has 0 atom stereocenters. The number of halogens is 3. The zero-order chi connectivity index (χ0) is 14.6. The Labute approximate surface area is 116 Å². The molecule has 0 heterocycles. The lowest BCUT2D eigenvalue weighted by Gasteiger charge is -2.25. The Hall–Kier alpha value is -1.52. The Kier molecular flexibility index (Phi) is 4.68. The highest BCUT2D eigenvalue weighted by molar-refractivity contribution is 5.36. The fraction of sp³-hybridized carbons (Fsp3) is 0.533. The maximum atomic E-state index is 13.2. The molecule has 20 heavy (non-hydrogen) atoms. The molecule has 1 aliphatic carbocycles. The average molecular weight is 285 g/mol. The van der Waals surface area contributed by atoms with Gasteiger partial charge in [0.15, 0.2) is 0 Å². The van der Waals surface area contributed by atoms with Crippen LogP contribution >= 0.6 is 0 Å². The first-order chi connectivity index (χ1) is 9.52. The van der Waals surface area contributed by atoms with Crippen molar-refractivity contribution in [3.63, 3.8) is 0 Å². The molecule has 0 N–H and O–H groups in total. The van der Waals surface area contributed by atoms with Crippen LogP contribution in [-0.4, -0.2) is 6.72 Å². The average Bonchev–Trinajstić information content (AvgIpc) is 2.45. The molecular formula is C15H18F3NO. The number of benzene rings is 1. The third kappa shape index (κ3) is 3.52. The maximum absolute atomic E-state index is 13.2. The molecule has 0 aliphatic heterocycles. The molecule has 0 spiro atoms. The Morgan fingerprint density at radius 1 is 1.20 bits per heavy atom. The monoisotopic (exact) mass is 285 g/mol. The summed E-state index contributed by atoms with van der Waals surface area (Å²) >= 11 is 0. The van der Waals surface area contributed by atoms with E-state index in [1.54, 1.807) is 12.1 Å². The van der Waals surface area contributed by atoms with Gasteiger partial charge < -0.3 is 4.84 Å². The van der Waals surface area contributed by atoms with Crippen LogP contribution in [0.4, 0.5) is 13.2 Å². The molecule has 1 aliphatic rings. The lowest BCUT2D eigenvalue weighted by atomic mass is 9.81. The van der Waals surface area contributed by atoms with Crippen LogP contribution in [0.5, 0.6) is 0 Å². The van der Waals surface area contributed by atoms with E-state index in [9.17, 15) is 13.2 Å². The van der Waals surface area contributed by atoms with Gasteiger partial charge in [0, 0.05) is 6.72 Å². The summed E-state index contributed by atoms with van der Waals surface area (Å²) in [6, 6.07) is 4.46. The highest BCUT2D eigenvalue weighted by Gasteiger charge is 2.35. The number of oxime groups is 1. The maximum Gasteiger partial charge on any atom is 0.416 e. The van der Waals surface area contributed by atoms with Gasteiger partial charge in [0.05, 0.1) is 5.56 Å². The number of nitrogens with zero attached hydrogens (tertiary/aromatic N) is 1. The molecule has 110 valence electrons. The summed E-state index contributed by atoms with van der Waals surface area (Å²) in [5.74, 6) is 0.0212. The van der Waals surface area contributed by atoms with Crippen LogP contribution in [0.2, 0.25) is 0 Å². The van der Waals surface area contributed by atoms with Crippen LogP contribution in [0.15, 0.2) is 23.4 Å². The van der Waals surface area contributed by atoms with Gasteiger partial charge in [-0.1, -0.05) is 31.4 Å². The van der Waals surface area contributed by atoms with E-state index in [4.69, 9.17) is 4.84 Å². The molecule has 0 radical (unpaired) electrons. The first-order valence-electron chi connectivity index (χ1n) is 6.80. The topological polar surface area (TPSA) is 21.6 Å². The Morgan fingerprint density at radius 3 is 2.50 bits per heavy atom. The van der Waals surface area contributed by atoms with Crippen molar-refractivity contribution in [2.24, 2.45) is 5.16 Å². The lowest BCUT2D eigenvalue weighted by molar-refractivity contribution is -0.138. The summed E-state index contributed by atoms with van der Waals surface area (Å²) < 4.78 is 39.7. The van der Waals surface area contributed by atoms with Gasteiger partial charge in [-0.3, -0.25) is 0 Å². The van der Waals surface area contributed by atoms with Crippen molar-refractivity contribution in [2.45, 2.75) is 50.8 Å². The normalized spacial score (nSPS) is 16.9. The molecule has 1 saturated carbocycles. The molecule has 2 nitrogen and oxygen atoms in total. The summed E-state index contributed by atoms with van der Waals surface area (Å²) in [5, 5.41) is 3.20. The van der Waals surface area contributed by atoms with E-state index < -0.39 is 11.7 Å². The predicted octanol–water partition coefficient (Wildman–Crippen LogP) is 4.89. The van der Waals surface area contributed by atoms with Crippen LogP contribution in [0.25, 0.3) is 0 Å². The number of alkyl halides is 3. The van der Waals surface area contributed by atoms with Crippen molar-refractivity contribution < 1.29 is 18.0 Å². The van der Waals surface area contributed by atoms with E-state index in [0.29, 0.717) is 11.1 Å². The fourth-order valence-electron chi connectivity index (χ4n) is 2.83. The molecule has 1 aromatic carbocycles. The molecule has 2 rings (SSSR count).